The van der Waals surface area contributed by atoms with Gasteiger partial charge in [-0.15, -0.1) is 0 Å². The first-order valence-corrected chi connectivity index (χ1v) is 13.0. The van der Waals surface area contributed by atoms with Gasteiger partial charge in [-0.05, 0) is 54.7 Å². The summed E-state index contributed by atoms with van der Waals surface area (Å²) >= 11 is 0. The predicted octanol–water partition coefficient (Wildman–Crippen LogP) is 8.08. The number of imidazole rings is 1. The van der Waals surface area contributed by atoms with Gasteiger partial charge >= 0.3 is 6.18 Å². The van der Waals surface area contributed by atoms with Gasteiger partial charge in [-0.2, -0.15) is 13.2 Å². The SMILES string of the molecule is CC(C)[C@H]1CC[C@@H](c2nc(-c3ccc([C@H](C)c4cccc(C(F)(F)F)c4)cc3)c3c(N)nccn32)CC1. The molecule has 194 valence electrons. The van der Waals surface area contributed by atoms with Crippen LogP contribution in [0.3, 0.4) is 0 Å². The molecule has 0 bridgehead atoms. The average molecular weight is 507 g/mol. The Labute approximate surface area is 215 Å². The molecular formula is C30H33F3N4. The highest BCUT2D eigenvalue weighted by atomic mass is 19.4. The third-order valence-electron chi connectivity index (χ3n) is 8.09. The van der Waals surface area contributed by atoms with Gasteiger partial charge in [0.2, 0.25) is 0 Å². The Bertz CT molecular complexity index is 1380. The fraction of sp³-hybridized carbons (Fsp3) is 0.400. The van der Waals surface area contributed by atoms with Crippen LogP contribution in [0.25, 0.3) is 16.8 Å². The molecule has 0 saturated heterocycles. The average Bonchev–Trinajstić information content (AvgIpc) is 3.29. The maximum atomic E-state index is 13.2. The number of alkyl halides is 3. The van der Waals surface area contributed by atoms with Crippen molar-refractivity contribution in [3.05, 3.63) is 83.4 Å². The van der Waals surface area contributed by atoms with Crippen molar-refractivity contribution in [1.82, 2.24) is 14.4 Å². The molecule has 0 amide bonds. The van der Waals surface area contributed by atoms with Crippen molar-refractivity contribution in [2.45, 2.75) is 64.5 Å². The number of rotatable bonds is 5. The summed E-state index contributed by atoms with van der Waals surface area (Å²) in [6, 6.07) is 13.4. The second-order valence-corrected chi connectivity index (χ2v) is 10.7. The zero-order valence-electron chi connectivity index (χ0n) is 21.5. The minimum absolute atomic E-state index is 0.187. The third-order valence-corrected chi connectivity index (χ3v) is 8.09. The molecule has 4 aromatic rings. The molecule has 1 saturated carbocycles. The highest BCUT2D eigenvalue weighted by molar-refractivity contribution is 5.85. The van der Waals surface area contributed by atoms with Crippen LogP contribution >= 0.6 is 0 Å². The summed E-state index contributed by atoms with van der Waals surface area (Å²) in [5, 5.41) is 0. The largest absolute Gasteiger partial charge is 0.416 e. The van der Waals surface area contributed by atoms with E-state index in [2.05, 4.69) is 23.2 Å². The van der Waals surface area contributed by atoms with Crippen molar-refractivity contribution < 1.29 is 13.2 Å². The molecular weight excluding hydrogens is 473 g/mol. The molecule has 2 aromatic heterocycles. The molecule has 4 nitrogen and oxygen atoms in total. The summed E-state index contributed by atoms with van der Waals surface area (Å²) in [7, 11) is 0. The number of hydrogen-bond acceptors (Lipinski definition) is 3. The fourth-order valence-corrected chi connectivity index (χ4v) is 5.73. The molecule has 5 rings (SSSR count). The van der Waals surface area contributed by atoms with Crippen LogP contribution in [0.1, 0.15) is 80.8 Å². The summed E-state index contributed by atoms with van der Waals surface area (Å²) in [6.07, 6.45) is 3.92. The van der Waals surface area contributed by atoms with E-state index in [9.17, 15) is 13.2 Å². The van der Waals surface area contributed by atoms with Gasteiger partial charge in [0.05, 0.1) is 5.56 Å². The standard InChI is InChI=1S/C30H33F3N4/c1-18(2)20-7-13-23(14-8-20)29-36-26(27-28(34)35-15-16-37(27)29)22-11-9-21(10-12-22)19(3)24-5-4-6-25(17-24)30(31,32)33/h4-6,9-12,15-20,23H,7-8,13-14H2,1-3H3,(H2,34,35)/t19-,20-,23+/m0/s1. The maximum Gasteiger partial charge on any atom is 0.416 e. The van der Waals surface area contributed by atoms with Crippen LogP contribution in [0.2, 0.25) is 0 Å². The molecule has 1 atom stereocenters. The van der Waals surface area contributed by atoms with Crippen molar-refractivity contribution >= 4 is 11.3 Å². The summed E-state index contributed by atoms with van der Waals surface area (Å²) in [4.78, 5) is 9.43. The second-order valence-electron chi connectivity index (χ2n) is 10.7. The smallest absolute Gasteiger partial charge is 0.382 e. The molecule has 2 heterocycles. The van der Waals surface area contributed by atoms with E-state index < -0.39 is 11.7 Å². The van der Waals surface area contributed by atoms with E-state index in [1.165, 1.54) is 25.0 Å². The predicted molar refractivity (Wildman–Crippen MR) is 141 cm³/mol. The fourth-order valence-electron chi connectivity index (χ4n) is 5.73. The molecule has 0 unspecified atom stereocenters. The summed E-state index contributed by atoms with van der Waals surface area (Å²) in [5.74, 6) is 3.12. The van der Waals surface area contributed by atoms with Gasteiger partial charge in [-0.25, -0.2) is 9.97 Å². The molecule has 0 aliphatic heterocycles. The van der Waals surface area contributed by atoms with Gasteiger partial charge in [0, 0.05) is 29.8 Å². The highest BCUT2D eigenvalue weighted by Gasteiger charge is 2.31. The van der Waals surface area contributed by atoms with Crippen LogP contribution < -0.4 is 5.73 Å². The van der Waals surface area contributed by atoms with Crippen molar-refractivity contribution in [1.29, 1.82) is 0 Å². The van der Waals surface area contributed by atoms with Gasteiger partial charge in [-0.1, -0.05) is 63.2 Å². The molecule has 2 N–H and O–H groups in total. The Hall–Kier alpha value is -3.35. The number of fused-ring (bicyclic) bond motifs is 1. The third kappa shape index (κ3) is 4.96. The van der Waals surface area contributed by atoms with Crippen LogP contribution in [0.15, 0.2) is 60.9 Å². The summed E-state index contributed by atoms with van der Waals surface area (Å²) in [6.45, 7) is 6.53. The first kappa shape index (κ1) is 25.3. The van der Waals surface area contributed by atoms with Crippen molar-refractivity contribution in [3.8, 4) is 11.3 Å². The molecule has 1 fully saturated rings. The number of nitrogen functional groups attached to an aromatic ring is 1. The van der Waals surface area contributed by atoms with Crippen molar-refractivity contribution in [2.24, 2.45) is 11.8 Å². The summed E-state index contributed by atoms with van der Waals surface area (Å²) in [5.41, 5.74) is 9.79. The van der Waals surface area contributed by atoms with Gasteiger partial charge < -0.3 is 5.73 Å². The maximum absolute atomic E-state index is 13.2. The van der Waals surface area contributed by atoms with Crippen LogP contribution in [0, 0.1) is 11.8 Å². The summed E-state index contributed by atoms with van der Waals surface area (Å²) < 4.78 is 41.7. The van der Waals surface area contributed by atoms with Gasteiger partial charge in [0.15, 0.2) is 0 Å². The van der Waals surface area contributed by atoms with Gasteiger partial charge in [0.1, 0.15) is 22.9 Å². The van der Waals surface area contributed by atoms with Crippen LogP contribution in [-0.4, -0.2) is 14.4 Å². The molecule has 0 radical (unpaired) electrons. The number of anilines is 1. The van der Waals surface area contributed by atoms with Crippen LogP contribution in [-0.2, 0) is 6.18 Å². The number of halogens is 3. The Kier molecular flexibility index (Phi) is 6.73. The monoisotopic (exact) mass is 506 g/mol. The Balaban J connectivity index is 1.46. The highest BCUT2D eigenvalue weighted by Crippen LogP contribution is 2.41. The van der Waals surface area contributed by atoms with Crippen molar-refractivity contribution in [3.63, 3.8) is 0 Å². The lowest BCUT2D eigenvalue weighted by molar-refractivity contribution is -0.137. The van der Waals surface area contributed by atoms with Crippen molar-refractivity contribution in [2.75, 3.05) is 5.73 Å². The first-order chi connectivity index (χ1) is 17.6. The van der Waals surface area contributed by atoms with Crippen LogP contribution in [0.5, 0.6) is 0 Å². The lowest BCUT2D eigenvalue weighted by Crippen LogP contribution is -2.19. The minimum Gasteiger partial charge on any atom is -0.382 e. The van der Waals surface area contributed by atoms with E-state index in [-0.39, 0.29) is 5.92 Å². The molecule has 1 aliphatic rings. The molecule has 1 aliphatic carbocycles. The van der Waals surface area contributed by atoms with E-state index >= 15 is 0 Å². The Morgan fingerprint density at radius 2 is 1.65 bits per heavy atom. The second kappa shape index (κ2) is 9.84. The van der Waals surface area contributed by atoms with E-state index in [1.54, 1.807) is 12.3 Å². The minimum atomic E-state index is -4.36. The number of benzene rings is 2. The molecule has 0 spiro atoms. The molecule has 7 heteroatoms. The van der Waals surface area contributed by atoms with E-state index in [4.69, 9.17) is 10.7 Å². The normalized spacial score (nSPS) is 19.4. The number of nitrogens with zero attached hydrogens (tertiary/aromatic N) is 3. The quantitative estimate of drug-likeness (QED) is 0.298. The van der Waals surface area contributed by atoms with E-state index in [1.807, 2.05) is 37.4 Å². The topological polar surface area (TPSA) is 56.2 Å². The lowest BCUT2D eigenvalue weighted by Gasteiger charge is -2.30. The zero-order chi connectivity index (χ0) is 26.3. The zero-order valence-corrected chi connectivity index (χ0v) is 21.5. The molecule has 37 heavy (non-hydrogen) atoms. The first-order valence-electron chi connectivity index (χ1n) is 13.0. The Morgan fingerprint density at radius 3 is 2.30 bits per heavy atom. The number of aromatic nitrogens is 3. The van der Waals surface area contributed by atoms with Crippen LogP contribution in [0.4, 0.5) is 19.0 Å². The molecule has 2 aromatic carbocycles. The number of nitrogens with two attached hydrogens (primary N) is 1. The van der Waals surface area contributed by atoms with Gasteiger partial charge in [0.25, 0.3) is 0 Å². The lowest BCUT2D eigenvalue weighted by atomic mass is 9.77. The Morgan fingerprint density at radius 1 is 0.946 bits per heavy atom. The van der Waals surface area contributed by atoms with Gasteiger partial charge in [-0.3, -0.25) is 4.40 Å². The van der Waals surface area contributed by atoms with E-state index in [0.29, 0.717) is 23.2 Å². The van der Waals surface area contributed by atoms with E-state index in [0.717, 1.165) is 53.0 Å². The number of hydrogen-bond donors (Lipinski definition) is 1.